The van der Waals surface area contributed by atoms with E-state index in [0.717, 1.165) is 22.4 Å². The second kappa shape index (κ2) is 6.67. The number of carboxylic acids is 1. The van der Waals surface area contributed by atoms with Crippen LogP contribution in [0.1, 0.15) is 21.6 Å². The number of nitrogens with one attached hydrogen (secondary N) is 2. The van der Waals surface area contributed by atoms with Crippen LogP contribution in [0.3, 0.4) is 0 Å². The molecule has 0 fully saturated rings. The summed E-state index contributed by atoms with van der Waals surface area (Å²) in [6.45, 7) is 0. The first kappa shape index (κ1) is 17.7. The van der Waals surface area contributed by atoms with Gasteiger partial charge in [-0.2, -0.15) is 0 Å². The number of aromatic nitrogens is 3. The molecule has 11 heteroatoms. The van der Waals surface area contributed by atoms with Gasteiger partial charge in [-0.25, -0.2) is 27.5 Å². The number of nitrogens with zero attached hydrogens (tertiary/aromatic N) is 3. The maximum atomic E-state index is 14.2. The standard InChI is InChI=1S/C15H10F3N5O2S/c1-20-9-3-6(16)2-8(17)11(9)12(19)10-4-21-14-13(22-10)7(15(24)25)5-23(14)26-18/h2-5,19-20H,1H3,(H,24,25). The van der Waals surface area contributed by atoms with Gasteiger partial charge in [-0.1, -0.05) is 0 Å². The maximum Gasteiger partial charge on any atom is 0.339 e. The largest absolute Gasteiger partial charge is 0.478 e. The van der Waals surface area contributed by atoms with Crippen molar-refractivity contribution in [1.82, 2.24) is 13.9 Å². The fraction of sp³-hybridized carbons (Fsp3) is 0.0667. The Labute approximate surface area is 148 Å². The lowest BCUT2D eigenvalue weighted by molar-refractivity contribution is 0.0699. The molecule has 2 aromatic heterocycles. The molecule has 26 heavy (non-hydrogen) atoms. The molecule has 0 unspecified atom stereocenters. The van der Waals surface area contributed by atoms with Crippen LogP contribution in [0.4, 0.5) is 18.4 Å². The first-order chi connectivity index (χ1) is 12.4. The van der Waals surface area contributed by atoms with Crippen LogP contribution in [0.5, 0.6) is 0 Å². The Kier molecular flexibility index (Phi) is 4.55. The molecule has 0 radical (unpaired) electrons. The molecule has 7 nitrogen and oxygen atoms in total. The van der Waals surface area contributed by atoms with E-state index in [1.54, 1.807) is 0 Å². The molecule has 134 valence electrons. The first-order valence-electron chi connectivity index (χ1n) is 7.04. The number of halogens is 3. The van der Waals surface area contributed by atoms with Crippen molar-refractivity contribution in [3.63, 3.8) is 0 Å². The van der Waals surface area contributed by atoms with E-state index in [9.17, 15) is 22.6 Å². The van der Waals surface area contributed by atoms with Crippen molar-refractivity contribution in [2.24, 2.45) is 0 Å². The van der Waals surface area contributed by atoms with Crippen molar-refractivity contribution >= 4 is 40.9 Å². The third-order valence-corrected chi connectivity index (χ3v) is 4.03. The van der Waals surface area contributed by atoms with Gasteiger partial charge in [0.15, 0.2) is 18.0 Å². The molecule has 0 spiro atoms. The number of hydrogen-bond donors (Lipinski definition) is 3. The molecule has 0 atom stereocenters. The lowest BCUT2D eigenvalue weighted by Gasteiger charge is -2.11. The molecule has 3 aromatic rings. The molecule has 0 aliphatic carbocycles. The molecule has 0 bridgehead atoms. The molecule has 1 aromatic carbocycles. The van der Waals surface area contributed by atoms with E-state index in [2.05, 4.69) is 15.3 Å². The number of hydrogen-bond acceptors (Lipinski definition) is 6. The van der Waals surface area contributed by atoms with E-state index in [0.29, 0.717) is 6.07 Å². The summed E-state index contributed by atoms with van der Waals surface area (Å²) in [6, 6.07) is 1.63. The number of carboxylic acid groups (broad SMARTS) is 1. The fourth-order valence-electron chi connectivity index (χ4n) is 2.45. The van der Waals surface area contributed by atoms with Crippen LogP contribution in [0, 0.1) is 17.0 Å². The SMILES string of the molecule is CNc1cc(F)cc(F)c1C(=N)c1cnc2c(n1)c(C(=O)O)cn2SF. The molecular formula is C15H10F3N5O2S. The number of anilines is 1. The molecule has 0 saturated heterocycles. The summed E-state index contributed by atoms with van der Waals surface area (Å²) in [6.07, 6.45) is 2.09. The Morgan fingerprint density at radius 3 is 2.73 bits per heavy atom. The summed E-state index contributed by atoms with van der Waals surface area (Å²) in [5.41, 5.74) is -1.34. The smallest absolute Gasteiger partial charge is 0.339 e. The summed E-state index contributed by atoms with van der Waals surface area (Å²) < 4.78 is 41.4. The van der Waals surface area contributed by atoms with Gasteiger partial charge in [-0.15, -0.1) is 3.89 Å². The zero-order valence-corrected chi connectivity index (χ0v) is 13.9. The van der Waals surface area contributed by atoms with Crippen molar-refractivity contribution in [3.05, 3.63) is 53.0 Å². The van der Waals surface area contributed by atoms with Gasteiger partial charge in [0.1, 0.15) is 28.4 Å². The lowest BCUT2D eigenvalue weighted by atomic mass is 10.0. The summed E-state index contributed by atoms with van der Waals surface area (Å²) in [4.78, 5) is 19.3. The Balaban J connectivity index is 2.19. The highest BCUT2D eigenvalue weighted by molar-refractivity contribution is 7.92. The summed E-state index contributed by atoms with van der Waals surface area (Å²) in [5.74, 6) is -3.17. The zero-order chi connectivity index (χ0) is 19.0. The van der Waals surface area contributed by atoms with Gasteiger partial charge in [-0.3, -0.25) is 5.41 Å². The Hall–Kier alpha value is -3.08. The van der Waals surface area contributed by atoms with Crippen molar-refractivity contribution in [3.8, 4) is 0 Å². The van der Waals surface area contributed by atoms with Gasteiger partial charge in [-0.05, 0) is 6.07 Å². The molecule has 3 rings (SSSR count). The van der Waals surface area contributed by atoms with E-state index in [1.165, 1.54) is 7.05 Å². The topological polar surface area (TPSA) is 104 Å². The van der Waals surface area contributed by atoms with Crippen LogP contribution in [-0.2, 0) is 0 Å². The number of carbonyl (C=O) groups is 1. The minimum atomic E-state index is -1.36. The number of fused-ring (bicyclic) bond motifs is 1. The second-order valence-corrected chi connectivity index (χ2v) is 5.64. The first-order valence-corrected chi connectivity index (χ1v) is 7.71. The predicted molar refractivity (Wildman–Crippen MR) is 90.4 cm³/mol. The van der Waals surface area contributed by atoms with Gasteiger partial charge in [0.2, 0.25) is 0 Å². The van der Waals surface area contributed by atoms with Crippen LogP contribution < -0.4 is 5.32 Å². The van der Waals surface area contributed by atoms with E-state index in [4.69, 9.17) is 5.41 Å². The molecule has 0 aliphatic heterocycles. The van der Waals surface area contributed by atoms with Gasteiger partial charge < -0.3 is 10.4 Å². The molecule has 0 amide bonds. The highest BCUT2D eigenvalue weighted by atomic mass is 32.2. The molecule has 0 saturated carbocycles. The Bertz CT molecular complexity index is 1050. The molecule has 2 heterocycles. The van der Waals surface area contributed by atoms with Crippen molar-refractivity contribution < 1.29 is 22.6 Å². The Morgan fingerprint density at radius 2 is 2.12 bits per heavy atom. The third-order valence-electron chi connectivity index (χ3n) is 3.60. The molecular weight excluding hydrogens is 371 g/mol. The number of benzene rings is 1. The van der Waals surface area contributed by atoms with Crippen LogP contribution >= 0.6 is 12.3 Å². The van der Waals surface area contributed by atoms with E-state index in [-0.39, 0.29) is 46.0 Å². The van der Waals surface area contributed by atoms with E-state index >= 15 is 0 Å². The minimum Gasteiger partial charge on any atom is -0.478 e. The van der Waals surface area contributed by atoms with Crippen molar-refractivity contribution in [2.45, 2.75) is 0 Å². The monoisotopic (exact) mass is 381 g/mol. The van der Waals surface area contributed by atoms with Gasteiger partial charge in [0.25, 0.3) is 0 Å². The average Bonchev–Trinajstić information content (AvgIpc) is 2.98. The van der Waals surface area contributed by atoms with Crippen molar-refractivity contribution in [2.75, 3.05) is 12.4 Å². The predicted octanol–water partition coefficient (Wildman–Crippen LogP) is 3.25. The van der Waals surface area contributed by atoms with Crippen LogP contribution in [0.25, 0.3) is 11.2 Å². The summed E-state index contributed by atoms with van der Waals surface area (Å²) in [7, 11) is 1.43. The second-order valence-electron chi connectivity index (χ2n) is 5.11. The van der Waals surface area contributed by atoms with E-state index in [1.807, 2.05) is 0 Å². The van der Waals surface area contributed by atoms with E-state index < -0.39 is 23.3 Å². The number of aromatic carboxylic acids is 1. The van der Waals surface area contributed by atoms with Crippen molar-refractivity contribution in [1.29, 1.82) is 5.41 Å². The minimum absolute atomic E-state index is 0.0183. The summed E-state index contributed by atoms with van der Waals surface area (Å²) in [5, 5.41) is 20.0. The normalized spacial score (nSPS) is 10.9. The van der Waals surface area contributed by atoms with Crippen LogP contribution in [-0.4, -0.2) is 37.8 Å². The quantitative estimate of drug-likeness (QED) is 0.586. The lowest BCUT2D eigenvalue weighted by Crippen LogP contribution is -2.11. The Morgan fingerprint density at radius 1 is 1.38 bits per heavy atom. The van der Waals surface area contributed by atoms with Gasteiger partial charge in [0.05, 0.1) is 17.5 Å². The fourth-order valence-corrected chi connectivity index (χ4v) is 2.79. The van der Waals surface area contributed by atoms with Crippen LogP contribution in [0.2, 0.25) is 0 Å². The zero-order valence-electron chi connectivity index (χ0n) is 13.0. The summed E-state index contributed by atoms with van der Waals surface area (Å²) >= 11 is -0.257. The van der Waals surface area contributed by atoms with Crippen LogP contribution in [0.15, 0.2) is 24.5 Å². The highest BCUT2D eigenvalue weighted by Gasteiger charge is 2.22. The van der Waals surface area contributed by atoms with Gasteiger partial charge >= 0.3 is 5.97 Å². The highest BCUT2D eigenvalue weighted by Crippen LogP contribution is 2.26. The maximum absolute atomic E-state index is 14.2. The molecule has 3 N–H and O–H groups in total. The molecule has 0 aliphatic rings. The number of rotatable bonds is 5. The average molecular weight is 381 g/mol. The third kappa shape index (κ3) is 2.86. The van der Waals surface area contributed by atoms with Gasteiger partial charge in [0, 0.05) is 25.0 Å².